The van der Waals surface area contributed by atoms with Crippen LogP contribution in [-0.4, -0.2) is 29.7 Å². The van der Waals surface area contributed by atoms with Crippen LogP contribution in [-0.2, 0) is 5.41 Å². The quantitative estimate of drug-likeness (QED) is 0.813. The molecule has 0 N–H and O–H groups in total. The first-order chi connectivity index (χ1) is 8.38. The van der Waals surface area contributed by atoms with Gasteiger partial charge in [0.1, 0.15) is 0 Å². The smallest absolute Gasteiger partial charge is 0.243 e. The highest BCUT2D eigenvalue weighted by Crippen LogP contribution is 2.27. The lowest BCUT2D eigenvalue weighted by molar-refractivity contribution is 0.0880. The molecule has 1 aliphatic rings. The van der Waals surface area contributed by atoms with Crippen molar-refractivity contribution in [2.45, 2.75) is 39.0 Å². The SMILES string of the molecule is CC(C)(C)c1ccc(N2CCC(C(F)F)C2)nn1. The van der Waals surface area contributed by atoms with Crippen LogP contribution in [0.15, 0.2) is 12.1 Å². The van der Waals surface area contributed by atoms with Crippen LogP contribution >= 0.6 is 0 Å². The highest BCUT2D eigenvalue weighted by molar-refractivity contribution is 5.39. The summed E-state index contributed by atoms with van der Waals surface area (Å²) in [5.41, 5.74) is 0.873. The molecule has 0 radical (unpaired) electrons. The summed E-state index contributed by atoms with van der Waals surface area (Å²) >= 11 is 0. The summed E-state index contributed by atoms with van der Waals surface area (Å²) in [5, 5.41) is 8.34. The Balaban J connectivity index is 2.07. The Morgan fingerprint density at radius 3 is 2.44 bits per heavy atom. The van der Waals surface area contributed by atoms with Crippen molar-refractivity contribution in [3.63, 3.8) is 0 Å². The molecule has 1 fully saturated rings. The molecule has 3 nitrogen and oxygen atoms in total. The van der Waals surface area contributed by atoms with E-state index in [9.17, 15) is 8.78 Å². The minimum atomic E-state index is -2.24. The molecule has 1 atom stereocenters. The molecule has 2 rings (SSSR count). The molecule has 1 aromatic rings. The zero-order valence-corrected chi connectivity index (χ0v) is 11.0. The van der Waals surface area contributed by atoms with Crippen molar-refractivity contribution in [2.75, 3.05) is 18.0 Å². The van der Waals surface area contributed by atoms with E-state index < -0.39 is 12.3 Å². The minimum absolute atomic E-state index is 0.0396. The lowest BCUT2D eigenvalue weighted by Crippen LogP contribution is -2.24. The molecule has 0 aromatic carbocycles. The van der Waals surface area contributed by atoms with E-state index in [-0.39, 0.29) is 5.41 Å². The fourth-order valence-corrected chi connectivity index (χ4v) is 2.09. The molecular formula is C13H19F2N3. The van der Waals surface area contributed by atoms with Gasteiger partial charge in [0.2, 0.25) is 6.43 Å². The third-order valence-corrected chi connectivity index (χ3v) is 3.32. The summed E-state index contributed by atoms with van der Waals surface area (Å²) in [4.78, 5) is 1.89. The Bertz CT molecular complexity index is 398. The largest absolute Gasteiger partial charge is 0.355 e. The fraction of sp³-hybridized carbons (Fsp3) is 0.692. The number of nitrogens with zero attached hydrogens (tertiary/aromatic N) is 3. The van der Waals surface area contributed by atoms with Crippen molar-refractivity contribution in [2.24, 2.45) is 5.92 Å². The first kappa shape index (κ1) is 13.2. The second-order valence-electron chi connectivity index (χ2n) is 5.86. The standard InChI is InChI=1S/C13H19F2N3/c1-13(2,3)10-4-5-11(17-16-10)18-7-6-9(8-18)12(14)15/h4-5,9,12H,6-8H2,1-3H3. The summed E-state index contributed by atoms with van der Waals surface area (Å²) in [6.07, 6.45) is -1.71. The monoisotopic (exact) mass is 255 g/mol. The summed E-state index contributed by atoms with van der Waals surface area (Å²) < 4.78 is 25.2. The fourth-order valence-electron chi connectivity index (χ4n) is 2.09. The zero-order chi connectivity index (χ0) is 13.3. The summed E-state index contributed by atoms with van der Waals surface area (Å²) in [6, 6.07) is 3.81. The van der Waals surface area contributed by atoms with Gasteiger partial charge >= 0.3 is 0 Å². The molecule has 100 valence electrons. The molecule has 0 spiro atoms. The highest BCUT2D eigenvalue weighted by Gasteiger charge is 2.30. The Morgan fingerprint density at radius 2 is 2.00 bits per heavy atom. The molecule has 1 unspecified atom stereocenters. The summed E-state index contributed by atoms with van der Waals surface area (Å²) in [5.74, 6) is 0.167. The van der Waals surface area contributed by atoms with Crippen molar-refractivity contribution >= 4 is 5.82 Å². The Kier molecular flexibility index (Phi) is 3.50. The molecule has 2 heterocycles. The lowest BCUT2D eigenvalue weighted by Gasteiger charge is -2.20. The maximum Gasteiger partial charge on any atom is 0.243 e. The molecule has 1 saturated heterocycles. The van der Waals surface area contributed by atoms with E-state index in [0.29, 0.717) is 25.3 Å². The number of rotatable bonds is 2. The van der Waals surface area contributed by atoms with Crippen LogP contribution in [0.5, 0.6) is 0 Å². The van der Waals surface area contributed by atoms with Crippen LogP contribution < -0.4 is 4.90 Å². The van der Waals surface area contributed by atoms with E-state index in [1.54, 1.807) is 0 Å². The van der Waals surface area contributed by atoms with E-state index in [2.05, 4.69) is 31.0 Å². The van der Waals surface area contributed by atoms with Gasteiger partial charge in [0.25, 0.3) is 0 Å². The van der Waals surface area contributed by atoms with Gasteiger partial charge in [-0.1, -0.05) is 20.8 Å². The number of hydrogen-bond acceptors (Lipinski definition) is 3. The van der Waals surface area contributed by atoms with Crippen LogP contribution in [0.3, 0.4) is 0 Å². The van der Waals surface area contributed by atoms with Gasteiger partial charge in [-0.15, -0.1) is 5.10 Å². The number of halogens is 2. The van der Waals surface area contributed by atoms with E-state index >= 15 is 0 Å². The normalized spacial score (nSPS) is 20.8. The molecule has 5 heteroatoms. The van der Waals surface area contributed by atoms with Crippen molar-refractivity contribution in [3.05, 3.63) is 17.8 Å². The van der Waals surface area contributed by atoms with Crippen molar-refractivity contribution in [1.82, 2.24) is 10.2 Å². The second kappa shape index (κ2) is 4.78. The molecule has 0 amide bonds. The van der Waals surface area contributed by atoms with Crippen LogP contribution in [0.1, 0.15) is 32.9 Å². The van der Waals surface area contributed by atoms with Gasteiger partial charge in [-0.25, -0.2) is 8.78 Å². The van der Waals surface area contributed by atoms with Crippen LogP contribution in [0, 0.1) is 5.92 Å². The minimum Gasteiger partial charge on any atom is -0.355 e. The molecule has 18 heavy (non-hydrogen) atoms. The second-order valence-corrected chi connectivity index (χ2v) is 5.86. The Morgan fingerprint density at radius 1 is 1.28 bits per heavy atom. The van der Waals surface area contributed by atoms with Gasteiger partial charge in [0, 0.05) is 24.4 Å². The number of hydrogen-bond donors (Lipinski definition) is 0. The van der Waals surface area contributed by atoms with Gasteiger partial charge in [0.05, 0.1) is 5.69 Å². The molecule has 1 aliphatic heterocycles. The third kappa shape index (κ3) is 2.76. The molecule has 0 bridgehead atoms. The summed E-state index contributed by atoms with van der Waals surface area (Å²) in [7, 11) is 0. The first-order valence-electron chi connectivity index (χ1n) is 6.25. The van der Waals surface area contributed by atoms with Gasteiger partial charge in [-0.3, -0.25) is 0 Å². The Hall–Kier alpha value is -1.26. The third-order valence-electron chi connectivity index (χ3n) is 3.32. The van der Waals surface area contributed by atoms with Gasteiger partial charge in [0.15, 0.2) is 5.82 Å². The van der Waals surface area contributed by atoms with E-state index in [0.717, 1.165) is 5.69 Å². The summed E-state index contributed by atoms with van der Waals surface area (Å²) in [6.45, 7) is 7.22. The van der Waals surface area contributed by atoms with Crippen LogP contribution in [0.4, 0.5) is 14.6 Å². The average molecular weight is 255 g/mol. The van der Waals surface area contributed by atoms with Crippen molar-refractivity contribution in [3.8, 4) is 0 Å². The maximum absolute atomic E-state index is 12.6. The van der Waals surface area contributed by atoms with Crippen molar-refractivity contribution in [1.29, 1.82) is 0 Å². The number of alkyl halides is 2. The molecular weight excluding hydrogens is 236 g/mol. The van der Waals surface area contributed by atoms with E-state index in [1.165, 1.54) is 0 Å². The van der Waals surface area contributed by atoms with Gasteiger partial charge < -0.3 is 4.90 Å². The predicted octanol–water partition coefficient (Wildman–Crippen LogP) is 2.87. The predicted molar refractivity (Wildman–Crippen MR) is 67.1 cm³/mol. The van der Waals surface area contributed by atoms with Crippen molar-refractivity contribution < 1.29 is 8.78 Å². The molecule has 0 aliphatic carbocycles. The Labute approximate surface area is 106 Å². The van der Waals surface area contributed by atoms with E-state index in [4.69, 9.17) is 0 Å². The molecule has 1 aromatic heterocycles. The molecule has 0 saturated carbocycles. The van der Waals surface area contributed by atoms with Gasteiger partial charge in [-0.2, -0.15) is 5.10 Å². The van der Waals surface area contributed by atoms with Crippen LogP contribution in [0.2, 0.25) is 0 Å². The number of anilines is 1. The van der Waals surface area contributed by atoms with E-state index in [1.807, 2.05) is 17.0 Å². The maximum atomic E-state index is 12.6. The van der Waals surface area contributed by atoms with Crippen LogP contribution in [0.25, 0.3) is 0 Å². The highest BCUT2D eigenvalue weighted by atomic mass is 19.3. The first-order valence-corrected chi connectivity index (χ1v) is 6.25. The lowest BCUT2D eigenvalue weighted by atomic mass is 9.92. The zero-order valence-electron chi connectivity index (χ0n) is 11.0. The topological polar surface area (TPSA) is 29.0 Å². The number of aromatic nitrogens is 2. The van der Waals surface area contributed by atoms with Gasteiger partial charge in [-0.05, 0) is 18.6 Å². The average Bonchev–Trinajstić information content (AvgIpc) is 2.77.